The summed E-state index contributed by atoms with van der Waals surface area (Å²) in [6, 6.07) is 11.9. The molecule has 2 aromatic carbocycles. The summed E-state index contributed by atoms with van der Waals surface area (Å²) in [4.78, 5) is 19.0. The SMILES string of the molecule is Nc1nc2cc(-c3ccc4c(c3)C(=O)N(Cc3cc(OC(F)(F)F)ccc3F)CCC4)ccn2n1. The molecule has 0 saturated carbocycles. The van der Waals surface area contributed by atoms with Gasteiger partial charge in [-0.1, -0.05) is 12.1 Å². The third-order valence-electron chi connectivity index (χ3n) is 5.80. The van der Waals surface area contributed by atoms with Gasteiger partial charge in [0, 0.05) is 30.4 Å². The van der Waals surface area contributed by atoms with Crippen molar-refractivity contribution < 1.29 is 27.1 Å². The molecule has 0 bridgehead atoms. The fourth-order valence-corrected chi connectivity index (χ4v) is 4.21. The molecule has 0 saturated heterocycles. The number of halogens is 4. The predicted octanol–water partition coefficient (Wildman–Crippen LogP) is 4.60. The molecule has 0 atom stereocenters. The zero-order valence-electron chi connectivity index (χ0n) is 18.2. The minimum atomic E-state index is -4.90. The number of carbonyl (C=O) groups is 1. The molecule has 1 aliphatic rings. The molecule has 0 radical (unpaired) electrons. The number of pyridine rings is 1. The number of ether oxygens (including phenoxy) is 1. The molecule has 7 nitrogen and oxygen atoms in total. The number of aromatic nitrogens is 3. The van der Waals surface area contributed by atoms with E-state index in [1.165, 1.54) is 4.90 Å². The lowest BCUT2D eigenvalue weighted by atomic mass is 9.97. The van der Waals surface area contributed by atoms with Gasteiger partial charge in [0.15, 0.2) is 5.65 Å². The summed E-state index contributed by atoms with van der Waals surface area (Å²) in [5.41, 5.74) is 9.04. The molecule has 4 aromatic rings. The zero-order valence-corrected chi connectivity index (χ0v) is 18.2. The molecule has 0 fully saturated rings. The van der Waals surface area contributed by atoms with Crippen molar-refractivity contribution in [2.45, 2.75) is 25.7 Å². The second kappa shape index (κ2) is 8.57. The Bertz CT molecular complexity index is 1430. The number of anilines is 1. The summed E-state index contributed by atoms with van der Waals surface area (Å²) in [6.07, 6.45) is -1.92. The van der Waals surface area contributed by atoms with E-state index < -0.39 is 17.9 Å². The molecule has 1 amide bonds. The van der Waals surface area contributed by atoms with Crippen LogP contribution in [0.25, 0.3) is 16.8 Å². The van der Waals surface area contributed by atoms with Gasteiger partial charge in [-0.25, -0.2) is 8.91 Å². The number of hydrogen-bond acceptors (Lipinski definition) is 5. The number of fused-ring (bicyclic) bond motifs is 2. The molecule has 0 aliphatic carbocycles. The lowest BCUT2D eigenvalue weighted by Gasteiger charge is -2.22. The third kappa shape index (κ3) is 4.75. The Labute approximate surface area is 196 Å². The van der Waals surface area contributed by atoms with E-state index in [-0.39, 0.29) is 24.0 Å². The summed E-state index contributed by atoms with van der Waals surface area (Å²) in [5.74, 6) is -1.43. The number of carbonyl (C=O) groups excluding carboxylic acids is 1. The second-order valence-corrected chi connectivity index (χ2v) is 8.19. The molecule has 0 unspecified atom stereocenters. The van der Waals surface area contributed by atoms with Crippen LogP contribution in [0.15, 0.2) is 54.7 Å². The summed E-state index contributed by atoms with van der Waals surface area (Å²) >= 11 is 0. The van der Waals surface area contributed by atoms with Gasteiger partial charge >= 0.3 is 6.36 Å². The van der Waals surface area contributed by atoms with E-state index in [1.54, 1.807) is 22.8 Å². The average molecular weight is 485 g/mol. The van der Waals surface area contributed by atoms with Gasteiger partial charge in [-0.2, -0.15) is 4.98 Å². The number of aryl methyl sites for hydroxylation is 1. The Morgan fingerprint density at radius 3 is 2.66 bits per heavy atom. The fourth-order valence-electron chi connectivity index (χ4n) is 4.21. The highest BCUT2D eigenvalue weighted by atomic mass is 19.4. The molecule has 5 rings (SSSR count). The highest BCUT2D eigenvalue weighted by Gasteiger charge is 2.31. The molecule has 0 spiro atoms. The van der Waals surface area contributed by atoms with Crippen molar-refractivity contribution in [1.82, 2.24) is 19.5 Å². The van der Waals surface area contributed by atoms with Gasteiger partial charge in [-0.05, 0) is 65.9 Å². The summed E-state index contributed by atoms with van der Waals surface area (Å²) in [7, 11) is 0. The Balaban J connectivity index is 1.44. The van der Waals surface area contributed by atoms with Crippen LogP contribution in [-0.2, 0) is 13.0 Å². The number of hydrogen-bond donors (Lipinski definition) is 1. The molecular weight excluding hydrogens is 466 g/mol. The van der Waals surface area contributed by atoms with Crippen LogP contribution in [0.3, 0.4) is 0 Å². The van der Waals surface area contributed by atoms with E-state index in [2.05, 4.69) is 14.8 Å². The molecule has 11 heteroatoms. The van der Waals surface area contributed by atoms with E-state index in [0.29, 0.717) is 30.6 Å². The second-order valence-electron chi connectivity index (χ2n) is 8.19. The number of nitrogen functional groups attached to an aromatic ring is 1. The first-order valence-electron chi connectivity index (χ1n) is 10.7. The van der Waals surface area contributed by atoms with Crippen LogP contribution in [-0.4, -0.2) is 38.3 Å². The number of amides is 1. The maximum Gasteiger partial charge on any atom is 0.573 e. The van der Waals surface area contributed by atoms with Crippen molar-refractivity contribution in [3.63, 3.8) is 0 Å². The van der Waals surface area contributed by atoms with E-state index in [0.717, 1.165) is 34.9 Å². The minimum Gasteiger partial charge on any atom is -0.406 e. The van der Waals surface area contributed by atoms with Crippen LogP contribution >= 0.6 is 0 Å². The number of alkyl halides is 3. The molecule has 1 aliphatic heterocycles. The molecule has 180 valence electrons. The summed E-state index contributed by atoms with van der Waals surface area (Å²) in [5, 5.41) is 4.05. The predicted molar refractivity (Wildman–Crippen MR) is 119 cm³/mol. The van der Waals surface area contributed by atoms with Crippen molar-refractivity contribution in [2.75, 3.05) is 12.3 Å². The Kier molecular flexibility index (Phi) is 5.54. The van der Waals surface area contributed by atoms with Gasteiger partial charge in [0.2, 0.25) is 5.95 Å². The van der Waals surface area contributed by atoms with Gasteiger partial charge in [-0.15, -0.1) is 18.3 Å². The number of rotatable bonds is 4. The monoisotopic (exact) mass is 485 g/mol. The molecule has 3 heterocycles. The Morgan fingerprint density at radius 2 is 1.86 bits per heavy atom. The van der Waals surface area contributed by atoms with Crippen molar-refractivity contribution in [3.8, 4) is 16.9 Å². The van der Waals surface area contributed by atoms with E-state index in [4.69, 9.17) is 5.73 Å². The molecular formula is C24H19F4N5O2. The van der Waals surface area contributed by atoms with Gasteiger partial charge in [0.05, 0.1) is 0 Å². The molecule has 35 heavy (non-hydrogen) atoms. The lowest BCUT2D eigenvalue weighted by Crippen LogP contribution is -2.31. The Morgan fingerprint density at radius 1 is 1.06 bits per heavy atom. The maximum atomic E-state index is 14.4. The van der Waals surface area contributed by atoms with Crippen LogP contribution in [0.2, 0.25) is 0 Å². The van der Waals surface area contributed by atoms with E-state index in [1.807, 2.05) is 18.2 Å². The molecule has 2 aromatic heterocycles. The van der Waals surface area contributed by atoms with Crippen molar-refractivity contribution in [2.24, 2.45) is 0 Å². The molecule has 2 N–H and O–H groups in total. The maximum absolute atomic E-state index is 14.4. The number of benzene rings is 2. The highest BCUT2D eigenvalue weighted by molar-refractivity contribution is 5.97. The minimum absolute atomic E-state index is 0.0606. The number of nitrogens with zero attached hydrogens (tertiary/aromatic N) is 4. The average Bonchev–Trinajstić information content (AvgIpc) is 3.10. The van der Waals surface area contributed by atoms with Crippen LogP contribution in [0.4, 0.5) is 23.5 Å². The van der Waals surface area contributed by atoms with Crippen molar-refractivity contribution in [3.05, 3.63) is 77.2 Å². The van der Waals surface area contributed by atoms with Crippen molar-refractivity contribution in [1.29, 1.82) is 0 Å². The first kappa shape index (κ1) is 22.6. The van der Waals surface area contributed by atoms with Crippen LogP contribution in [0, 0.1) is 5.82 Å². The normalized spacial score (nSPS) is 14.2. The van der Waals surface area contributed by atoms with Gasteiger partial charge in [-0.3, -0.25) is 4.79 Å². The van der Waals surface area contributed by atoms with Crippen LogP contribution < -0.4 is 10.5 Å². The standard InChI is InChI=1S/C24H19F4N5O2/c25-20-6-5-18(35-24(26,27)28)10-17(20)13-32-8-1-2-14-3-4-15(11-19(14)22(32)34)16-7-9-33-21(12-16)30-23(29)31-33/h3-7,9-12H,1-2,8,13H2,(H2,29,31). The zero-order chi connectivity index (χ0) is 24.7. The lowest BCUT2D eigenvalue weighted by molar-refractivity contribution is -0.274. The van der Waals surface area contributed by atoms with Gasteiger partial charge in [0.1, 0.15) is 11.6 Å². The van der Waals surface area contributed by atoms with Gasteiger partial charge in [0.25, 0.3) is 5.91 Å². The van der Waals surface area contributed by atoms with Crippen LogP contribution in [0.5, 0.6) is 5.75 Å². The van der Waals surface area contributed by atoms with E-state index >= 15 is 0 Å². The van der Waals surface area contributed by atoms with Crippen LogP contribution in [0.1, 0.15) is 27.9 Å². The summed E-state index contributed by atoms with van der Waals surface area (Å²) < 4.78 is 57.6. The Hall–Kier alpha value is -4.15. The largest absolute Gasteiger partial charge is 0.573 e. The topological polar surface area (TPSA) is 85.8 Å². The number of nitrogens with two attached hydrogens (primary N) is 1. The first-order chi connectivity index (χ1) is 16.7. The third-order valence-corrected chi connectivity index (χ3v) is 5.80. The first-order valence-corrected chi connectivity index (χ1v) is 10.7. The highest BCUT2D eigenvalue weighted by Crippen LogP contribution is 2.29. The van der Waals surface area contributed by atoms with Crippen molar-refractivity contribution >= 4 is 17.5 Å². The van der Waals surface area contributed by atoms with Gasteiger partial charge < -0.3 is 15.4 Å². The smallest absolute Gasteiger partial charge is 0.406 e. The fraction of sp³-hybridized carbons (Fsp3) is 0.208. The van der Waals surface area contributed by atoms with E-state index in [9.17, 15) is 22.4 Å². The quantitative estimate of drug-likeness (QED) is 0.427. The summed E-state index contributed by atoms with van der Waals surface area (Å²) in [6.45, 7) is 0.145.